The smallest absolute Gasteiger partial charge is 0.376 e. The second-order valence-electron chi connectivity index (χ2n) is 3.92. The standard InChI is InChI=1S/C8H10F3NS/c1-3-2-4(13)12-7-5(3)6(7)8(9,10)11/h3,5-7H,2H2,1H3,(H,12,13)/t3-,5-,6-,7-/m0/s1. The molecule has 2 fully saturated rings. The second kappa shape index (κ2) is 2.59. The lowest BCUT2D eigenvalue weighted by molar-refractivity contribution is -0.153. The normalized spacial score (nSPS) is 43.8. The summed E-state index contributed by atoms with van der Waals surface area (Å²) in [6.07, 6.45) is -3.46. The lowest BCUT2D eigenvalue weighted by Gasteiger charge is -2.18. The highest BCUT2D eigenvalue weighted by Gasteiger charge is 2.67. The van der Waals surface area contributed by atoms with E-state index in [2.05, 4.69) is 5.32 Å². The molecule has 0 aromatic heterocycles. The van der Waals surface area contributed by atoms with Gasteiger partial charge >= 0.3 is 6.18 Å². The molecule has 0 unspecified atom stereocenters. The van der Waals surface area contributed by atoms with Crippen LogP contribution in [0, 0.1) is 17.8 Å². The maximum atomic E-state index is 12.4. The van der Waals surface area contributed by atoms with Crippen molar-refractivity contribution in [3.05, 3.63) is 0 Å². The average molecular weight is 209 g/mol. The van der Waals surface area contributed by atoms with E-state index in [4.69, 9.17) is 12.2 Å². The molecular formula is C8H10F3NS. The van der Waals surface area contributed by atoms with Gasteiger partial charge in [-0.3, -0.25) is 0 Å². The first-order chi connectivity index (χ1) is 5.91. The predicted octanol–water partition coefficient (Wildman–Crippen LogP) is 2.12. The highest BCUT2D eigenvalue weighted by molar-refractivity contribution is 7.80. The Morgan fingerprint density at radius 3 is 2.62 bits per heavy atom. The van der Waals surface area contributed by atoms with E-state index in [9.17, 15) is 13.2 Å². The van der Waals surface area contributed by atoms with Gasteiger partial charge in [0.2, 0.25) is 0 Å². The highest BCUT2D eigenvalue weighted by atomic mass is 32.1. The zero-order valence-electron chi connectivity index (χ0n) is 7.06. The van der Waals surface area contributed by atoms with Gasteiger partial charge in [-0.2, -0.15) is 13.2 Å². The Kier molecular flexibility index (Phi) is 1.84. The summed E-state index contributed by atoms with van der Waals surface area (Å²) in [5.41, 5.74) is 0. The van der Waals surface area contributed by atoms with Crippen LogP contribution in [0.3, 0.4) is 0 Å². The number of rotatable bonds is 0. The number of nitrogens with one attached hydrogen (secondary N) is 1. The minimum absolute atomic E-state index is 0.0744. The van der Waals surface area contributed by atoms with Gasteiger partial charge in [0, 0.05) is 12.5 Å². The minimum atomic E-state index is -4.06. The van der Waals surface area contributed by atoms with Gasteiger partial charge in [0.15, 0.2) is 0 Å². The molecule has 0 spiro atoms. The molecule has 13 heavy (non-hydrogen) atoms. The number of hydrogen-bond acceptors (Lipinski definition) is 1. The number of fused-ring (bicyclic) bond motifs is 1. The van der Waals surface area contributed by atoms with E-state index in [1.807, 2.05) is 6.92 Å². The van der Waals surface area contributed by atoms with Crippen molar-refractivity contribution < 1.29 is 13.2 Å². The number of halogens is 3. The van der Waals surface area contributed by atoms with Crippen molar-refractivity contribution in [2.75, 3.05) is 0 Å². The fraction of sp³-hybridized carbons (Fsp3) is 0.875. The summed E-state index contributed by atoms with van der Waals surface area (Å²) < 4.78 is 37.1. The summed E-state index contributed by atoms with van der Waals surface area (Å²) in [7, 11) is 0. The molecule has 1 saturated heterocycles. The van der Waals surface area contributed by atoms with Crippen molar-refractivity contribution in [1.29, 1.82) is 0 Å². The molecule has 0 aromatic rings. The maximum absolute atomic E-state index is 12.4. The first-order valence-corrected chi connectivity index (χ1v) is 4.68. The molecule has 0 radical (unpaired) electrons. The van der Waals surface area contributed by atoms with Crippen LogP contribution in [-0.4, -0.2) is 17.2 Å². The minimum Gasteiger partial charge on any atom is -0.376 e. The number of hydrogen-bond donors (Lipinski definition) is 1. The molecule has 0 bridgehead atoms. The van der Waals surface area contributed by atoms with Crippen molar-refractivity contribution in [2.45, 2.75) is 25.6 Å². The van der Waals surface area contributed by atoms with Crippen LogP contribution in [0.1, 0.15) is 13.3 Å². The lowest BCUT2D eigenvalue weighted by Crippen LogP contribution is -2.33. The molecule has 4 atom stereocenters. The molecular weight excluding hydrogens is 199 g/mol. The molecule has 74 valence electrons. The third-order valence-corrected chi connectivity index (χ3v) is 3.23. The number of thiocarbonyl (C=S) groups is 1. The summed E-state index contributed by atoms with van der Waals surface area (Å²) in [4.78, 5) is 0.584. The first-order valence-electron chi connectivity index (χ1n) is 4.27. The lowest BCUT2D eigenvalue weighted by atomic mass is 9.98. The Bertz CT molecular complexity index is 250. The quantitative estimate of drug-likeness (QED) is 0.613. The Morgan fingerprint density at radius 2 is 2.08 bits per heavy atom. The maximum Gasteiger partial charge on any atom is 0.394 e. The monoisotopic (exact) mass is 209 g/mol. The molecule has 5 heteroatoms. The molecule has 2 rings (SSSR count). The molecule has 1 nitrogen and oxygen atoms in total. The van der Waals surface area contributed by atoms with E-state index >= 15 is 0 Å². The molecule has 1 heterocycles. The fourth-order valence-corrected chi connectivity index (χ4v) is 2.72. The van der Waals surface area contributed by atoms with E-state index in [1.165, 1.54) is 0 Å². The van der Waals surface area contributed by atoms with Gasteiger partial charge in [-0.25, -0.2) is 0 Å². The predicted molar refractivity (Wildman–Crippen MR) is 46.3 cm³/mol. The Balaban J connectivity index is 2.11. The van der Waals surface area contributed by atoms with E-state index in [0.29, 0.717) is 11.4 Å². The van der Waals surface area contributed by atoms with Crippen LogP contribution >= 0.6 is 12.2 Å². The highest BCUT2D eigenvalue weighted by Crippen LogP contribution is 2.56. The van der Waals surface area contributed by atoms with Crippen LogP contribution in [0.15, 0.2) is 0 Å². The van der Waals surface area contributed by atoms with Crippen molar-refractivity contribution in [2.24, 2.45) is 17.8 Å². The largest absolute Gasteiger partial charge is 0.394 e. The van der Waals surface area contributed by atoms with Crippen molar-refractivity contribution in [1.82, 2.24) is 5.32 Å². The Hall–Kier alpha value is -0.320. The van der Waals surface area contributed by atoms with Gasteiger partial charge in [-0.1, -0.05) is 19.1 Å². The summed E-state index contributed by atoms with van der Waals surface area (Å²) >= 11 is 4.88. The third-order valence-electron chi connectivity index (χ3n) is 2.95. The summed E-state index contributed by atoms with van der Waals surface area (Å²) in [5, 5.41) is 2.75. The van der Waals surface area contributed by atoms with Crippen molar-refractivity contribution >= 4 is 17.2 Å². The summed E-state index contributed by atoms with van der Waals surface area (Å²) in [6.45, 7) is 1.84. The molecule has 1 aliphatic carbocycles. The number of alkyl halides is 3. The van der Waals surface area contributed by atoms with Gasteiger partial charge in [0.1, 0.15) is 0 Å². The zero-order chi connectivity index (χ0) is 9.80. The van der Waals surface area contributed by atoms with Crippen LogP contribution in [0.25, 0.3) is 0 Å². The van der Waals surface area contributed by atoms with Crippen LogP contribution in [0.5, 0.6) is 0 Å². The number of piperidine rings is 1. The zero-order valence-corrected chi connectivity index (χ0v) is 7.88. The van der Waals surface area contributed by atoms with Gasteiger partial charge in [-0.05, 0) is 11.8 Å². The summed E-state index contributed by atoms with van der Waals surface area (Å²) in [6, 6.07) is -0.434. The van der Waals surface area contributed by atoms with Crippen molar-refractivity contribution in [3.63, 3.8) is 0 Å². The molecule has 0 aromatic carbocycles. The van der Waals surface area contributed by atoms with Crippen LogP contribution in [0.2, 0.25) is 0 Å². The second-order valence-corrected chi connectivity index (χ2v) is 4.41. The SMILES string of the molecule is C[C@H]1CC(=S)N[C@H]2[C@@H]1[C@@H]2C(F)(F)F. The van der Waals surface area contributed by atoms with E-state index < -0.39 is 18.1 Å². The van der Waals surface area contributed by atoms with E-state index in [1.54, 1.807) is 0 Å². The Labute approximate surface area is 79.7 Å². The van der Waals surface area contributed by atoms with Crippen LogP contribution in [0.4, 0.5) is 13.2 Å². The third kappa shape index (κ3) is 1.43. The fourth-order valence-electron chi connectivity index (χ4n) is 2.32. The van der Waals surface area contributed by atoms with E-state index in [-0.39, 0.29) is 11.8 Å². The van der Waals surface area contributed by atoms with Crippen LogP contribution < -0.4 is 5.32 Å². The molecule has 0 amide bonds. The average Bonchev–Trinajstić information content (AvgIpc) is 2.58. The molecule has 2 aliphatic rings. The Morgan fingerprint density at radius 1 is 1.46 bits per heavy atom. The van der Waals surface area contributed by atoms with E-state index in [0.717, 1.165) is 0 Å². The molecule has 1 aliphatic heterocycles. The van der Waals surface area contributed by atoms with Gasteiger partial charge in [-0.15, -0.1) is 0 Å². The molecule has 1 saturated carbocycles. The molecule has 1 N–H and O–H groups in total. The summed E-state index contributed by atoms with van der Waals surface area (Å²) in [5.74, 6) is -1.33. The van der Waals surface area contributed by atoms with Gasteiger partial charge in [0.25, 0.3) is 0 Å². The topological polar surface area (TPSA) is 12.0 Å². The van der Waals surface area contributed by atoms with Crippen LogP contribution in [-0.2, 0) is 0 Å². The first kappa shape index (κ1) is 9.24. The van der Waals surface area contributed by atoms with Gasteiger partial charge < -0.3 is 5.32 Å². The van der Waals surface area contributed by atoms with Crippen molar-refractivity contribution in [3.8, 4) is 0 Å². The van der Waals surface area contributed by atoms with Gasteiger partial charge in [0.05, 0.1) is 10.9 Å².